The van der Waals surface area contributed by atoms with Gasteiger partial charge in [0, 0.05) is 30.9 Å². The third-order valence-electron chi connectivity index (χ3n) is 3.73. The average Bonchev–Trinajstić information content (AvgIpc) is 2.47. The monoisotopic (exact) mass is 288 g/mol. The second kappa shape index (κ2) is 6.59. The van der Waals surface area contributed by atoms with Crippen LogP contribution in [-0.4, -0.2) is 18.7 Å². The number of hydrogen-bond acceptors (Lipinski definition) is 3. The molecule has 2 unspecified atom stereocenters. The number of benzene rings is 2. The maximum Gasteiger partial charge on any atom is 0.127 e. The third kappa shape index (κ3) is 3.73. The minimum atomic E-state index is -0.356. The fourth-order valence-corrected chi connectivity index (χ4v) is 2.41. The van der Waals surface area contributed by atoms with E-state index >= 15 is 0 Å². The maximum atomic E-state index is 13.8. The van der Waals surface area contributed by atoms with E-state index in [9.17, 15) is 9.50 Å². The van der Waals surface area contributed by atoms with Gasteiger partial charge in [0.05, 0.1) is 0 Å². The number of phenolic OH excluding ortho intramolecular Hbond substituents is 1. The first kappa shape index (κ1) is 15.3. The molecule has 0 aromatic heterocycles. The molecule has 0 bridgehead atoms. The van der Waals surface area contributed by atoms with E-state index in [1.54, 1.807) is 30.3 Å². The summed E-state index contributed by atoms with van der Waals surface area (Å²) in [5.74, 6) is 0.0631. The Morgan fingerprint density at radius 3 is 2.38 bits per heavy atom. The van der Waals surface area contributed by atoms with E-state index in [1.165, 1.54) is 6.07 Å². The quantitative estimate of drug-likeness (QED) is 0.887. The summed E-state index contributed by atoms with van der Waals surface area (Å²) in [6.45, 7) is 2.70. The van der Waals surface area contributed by atoms with E-state index < -0.39 is 0 Å². The highest BCUT2D eigenvalue weighted by molar-refractivity contribution is 5.48. The van der Waals surface area contributed by atoms with Crippen LogP contribution in [0.1, 0.15) is 18.5 Å². The lowest BCUT2D eigenvalue weighted by atomic mass is 9.94. The van der Waals surface area contributed by atoms with Crippen molar-refractivity contribution in [1.82, 2.24) is 0 Å². The van der Waals surface area contributed by atoms with Gasteiger partial charge in [0.1, 0.15) is 11.6 Å². The molecule has 0 heterocycles. The van der Waals surface area contributed by atoms with Crippen molar-refractivity contribution in [2.75, 3.05) is 18.5 Å². The van der Waals surface area contributed by atoms with Crippen molar-refractivity contribution in [2.45, 2.75) is 13.0 Å². The first-order valence-corrected chi connectivity index (χ1v) is 6.99. The summed E-state index contributed by atoms with van der Waals surface area (Å²) in [5, 5.41) is 9.31. The number of nitrogens with zero attached hydrogens (tertiary/aromatic N) is 1. The number of rotatable bonds is 5. The molecule has 0 saturated carbocycles. The molecule has 2 atom stereocenters. The van der Waals surface area contributed by atoms with Gasteiger partial charge in [0.15, 0.2) is 0 Å². The first-order valence-electron chi connectivity index (χ1n) is 6.99. The summed E-state index contributed by atoms with van der Waals surface area (Å²) in [7, 11) is 1.96. The van der Waals surface area contributed by atoms with E-state index in [0.29, 0.717) is 12.1 Å². The zero-order chi connectivity index (χ0) is 15.4. The highest BCUT2D eigenvalue weighted by Gasteiger charge is 2.19. The van der Waals surface area contributed by atoms with Gasteiger partial charge in [-0.05, 0) is 36.2 Å². The summed E-state index contributed by atoms with van der Waals surface area (Å²) >= 11 is 0. The van der Waals surface area contributed by atoms with Crippen LogP contribution in [0.2, 0.25) is 0 Å². The number of nitrogens with two attached hydrogens (primary N) is 1. The fourth-order valence-electron chi connectivity index (χ4n) is 2.41. The minimum absolute atomic E-state index is 0.0840. The van der Waals surface area contributed by atoms with Crippen molar-refractivity contribution < 1.29 is 9.50 Å². The number of phenols is 1. The molecular formula is C17H21FN2O. The van der Waals surface area contributed by atoms with Gasteiger partial charge in [0.2, 0.25) is 0 Å². The van der Waals surface area contributed by atoms with Crippen molar-refractivity contribution in [3.63, 3.8) is 0 Å². The lowest BCUT2D eigenvalue weighted by Gasteiger charge is -2.27. The van der Waals surface area contributed by atoms with Gasteiger partial charge in [-0.15, -0.1) is 0 Å². The van der Waals surface area contributed by atoms with Crippen LogP contribution in [0, 0.1) is 11.7 Å². The van der Waals surface area contributed by atoms with E-state index in [-0.39, 0.29) is 23.5 Å². The lowest BCUT2D eigenvalue weighted by molar-refractivity contribution is 0.452. The molecule has 0 radical (unpaired) electrons. The Morgan fingerprint density at radius 2 is 1.76 bits per heavy atom. The number of aromatic hydroxyl groups is 1. The van der Waals surface area contributed by atoms with Gasteiger partial charge in [-0.3, -0.25) is 0 Å². The van der Waals surface area contributed by atoms with E-state index in [0.717, 1.165) is 5.69 Å². The van der Waals surface area contributed by atoms with Crippen molar-refractivity contribution in [3.05, 3.63) is 59.9 Å². The second-order valence-electron chi connectivity index (χ2n) is 5.42. The molecule has 0 spiro atoms. The molecule has 112 valence electrons. The van der Waals surface area contributed by atoms with E-state index in [2.05, 4.69) is 0 Å². The Bertz CT molecular complexity index is 586. The van der Waals surface area contributed by atoms with Crippen LogP contribution in [-0.2, 0) is 0 Å². The van der Waals surface area contributed by atoms with E-state index in [1.807, 2.05) is 31.0 Å². The van der Waals surface area contributed by atoms with Crippen molar-refractivity contribution in [1.29, 1.82) is 0 Å². The fraction of sp³-hybridized carbons (Fsp3) is 0.294. The summed E-state index contributed by atoms with van der Waals surface area (Å²) in [6, 6.07) is 13.3. The van der Waals surface area contributed by atoms with Crippen LogP contribution < -0.4 is 10.6 Å². The molecule has 3 N–H and O–H groups in total. The molecule has 2 rings (SSSR count). The molecule has 2 aromatic rings. The van der Waals surface area contributed by atoms with Crippen molar-refractivity contribution >= 4 is 5.69 Å². The highest BCUT2D eigenvalue weighted by atomic mass is 19.1. The Kier molecular flexibility index (Phi) is 4.81. The van der Waals surface area contributed by atoms with Gasteiger partial charge < -0.3 is 15.7 Å². The summed E-state index contributed by atoms with van der Waals surface area (Å²) in [6.07, 6.45) is 0. The van der Waals surface area contributed by atoms with Crippen molar-refractivity contribution in [2.24, 2.45) is 11.7 Å². The van der Waals surface area contributed by atoms with Crippen LogP contribution in [0.15, 0.2) is 48.5 Å². The smallest absolute Gasteiger partial charge is 0.127 e. The van der Waals surface area contributed by atoms with E-state index in [4.69, 9.17) is 5.73 Å². The maximum absolute atomic E-state index is 13.8. The Hall–Kier alpha value is -2.07. The predicted octanol–water partition coefficient (Wildman–Crippen LogP) is 3.30. The van der Waals surface area contributed by atoms with Crippen LogP contribution in [0.5, 0.6) is 5.75 Å². The zero-order valence-electron chi connectivity index (χ0n) is 12.3. The third-order valence-corrected chi connectivity index (χ3v) is 3.73. The molecule has 3 nitrogen and oxygen atoms in total. The number of halogens is 1. The number of hydrogen-bond donors (Lipinski definition) is 2. The molecule has 0 aliphatic carbocycles. The summed E-state index contributed by atoms with van der Waals surface area (Å²) in [4.78, 5) is 2.05. The van der Waals surface area contributed by atoms with Crippen LogP contribution in [0.25, 0.3) is 0 Å². The van der Waals surface area contributed by atoms with Crippen LogP contribution in [0.4, 0.5) is 10.1 Å². The topological polar surface area (TPSA) is 49.5 Å². The standard InChI is InChI=1S/C17H21FN2O/c1-12(17(19)15-5-3-4-6-16(15)18)11-20(2)13-7-9-14(21)10-8-13/h3-10,12,17,21H,11,19H2,1-2H3. The molecule has 0 fully saturated rings. The molecule has 2 aromatic carbocycles. The number of anilines is 1. The Morgan fingerprint density at radius 1 is 1.14 bits per heavy atom. The Labute approximate surface area is 124 Å². The molecule has 0 saturated heterocycles. The molecule has 0 aliphatic rings. The molecule has 21 heavy (non-hydrogen) atoms. The molecule has 4 heteroatoms. The second-order valence-corrected chi connectivity index (χ2v) is 5.42. The van der Waals surface area contributed by atoms with Crippen LogP contribution >= 0.6 is 0 Å². The van der Waals surface area contributed by atoms with Gasteiger partial charge >= 0.3 is 0 Å². The van der Waals surface area contributed by atoms with Gasteiger partial charge in [0.25, 0.3) is 0 Å². The zero-order valence-corrected chi connectivity index (χ0v) is 12.3. The summed E-state index contributed by atoms with van der Waals surface area (Å²) < 4.78 is 13.8. The summed E-state index contributed by atoms with van der Waals surface area (Å²) in [5.41, 5.74) is 7.72. The average molecular weight is 288 g/mol. The SMILES string of the molecule is CC(CN(C)c1ccc(O)cc1)C(N)c1ccccc1F. The predicted molar refractivity (Wildman–Crippen MR) is 83.9 cm³/mol. The molecular weight excluding hydrogens is 267 g/mol. The highest BCUT2D eigenvalue weighted by Crippen LogP contribution is 2.24. The minimum Gasteiger partial charge on any atom is -0.508 e. The lowest BCUT2D eigenvalue weighted by Crippen LogP contribution is -2.31. The molecule has 0 aliphatic heterocycles. The molecule has 0 amide bonds. The normalized spacial score (nSPS) is 13.7. The van der Waals surface area contributed by atoms with Gasteiger partial charge in [-0.2, -0.15) is 0 Å². The van der Waals surface area contributed by atoms with Crippen LogP contribution in [0.3, 0.4) is 0 Å². The van der Waals surface area contributed by atoms with Crippen molar-refractivity contribution in [3.8, 4) is 5.75 Å². The first-order chi connectivity index (χ1) is 9.99. The largest absolute Gasteiger partial charge is 0.508 e. The van der Waals surface area contributed by atoms with Gasteiger partial charge in [-0.1, -0.05) is 25.1 Å². The van der Waals surface area contributed by atoms with Gasteiger partial charge in [-0.25, -0.2) is 4.39 Å². The Balaban J connectivity index is 2.05.